The minimum Gasteiger partial charge on any atom is -0.400 e. The zero-order valence-electron chi connectivity index (χ0n) is 6.92. The molecule has 0 saturated carbocycles. The van der Waals surface area contributed by atoms with Crippen LogP contribution in [0.5, 0.6) is 0 Å². The first kappa shape index (κ1) is 6.70. The first-order valence-corrected chi connectivity index (χ1v) is 3.95. The molecular formula is C8H12N2O. The minimum absolute atomic E-state index is 1.12. The van der Waals surface area contributed by atoms with Gasteiger partial charge in [0.15, 0.2) is 0 Å². The van der Waals surface area contributed by atoms with Crippen LogP contribution in [0.1, 0.15) is 23.4 Å². The quantitative estimate of drug-likeness (QED) is 0.593. The van der Waals surface area contributed by atoms with Gasteiger partial charge < -0.3 is 4.84 Å². The van der Waals surface area contributed by atoms with E-state index in [1.165, 1.54) is 24.1 Å². The molecule has 3 nitrogen and oxygen atoms in total. The highest BCUT2D eigenvalue weighted by molar-refractivity contribution is 5.28. The second kappa shape index (κ2) is 2.26. The van der Waals surface area contributed by atoms with E-state index in [9.17, 15) is 0 Å². The van der Waals surface area contributed by atoms with Crippen LogP contribution in [0.2, 0.25) is 0 Å². The van der Waals surface area contributed by atoms with Crippen molar-refractivity contribution in [3.8, 4) is 0 Å². The molecule has 0 saturated heterocycles. The van der Waals surface area contributed by atoms with E-state index >= 15 is 0 Å². The molecule has 1 heterocycles. The Kier molecular flexibility index (Phi) is 1.37. The maximum Gasteiger partial charge on any atom is 0.106 e. The molecule has 1 aliphatic carbocycles. The highest BCUT2D eigenvalue weighted by atomic mass is 16.7. The van der Waals surface area contributed by atoms with Crippen LogP contribution in [0.4, 0.5) is 0 Å². The molecule has 1 aliphatic rings. The molecule has 0 amide bonds. The van der Waals surface area contributed by atoms with Crippen molar-refractivity contribution in [3.05, 3.63) is 17.0 Å². The van der Waals surface area contributed by atoms with Gasteiger partial charge in [0.05, 0.1) is 11.4 Å². The lowest BCUT2D eigenvalue weighted by molar-refractivity contribution is 0.126. The highest BCUT2D eigenvalue weighted by Crippen LogP contribution is 2.23. The third-order valence-corrected chi connectivity index (χ3v) is 2.27. The van der Waals surface area contributed by atoms with Gasteiger partial charge in [-0.2, -0.15) is 0 Å². The fourth-order valence-electron chi connectivity index (χ4n) is 1.74. The van der Waals surface area contributed by atoms with E-state index in [1.807, 2.05) is 6.92 Å². The number of hydrogen-bond acceptors (Lipinski definition) is 2. The molecule has 0 N–H and O–H groups in total. The predicted octanol–water partition coefficient (Wildman–Crippen LogP) is 0.739. The summed E-state index contributed by atoms with van der Waals surface area (Å²) in [5, 5.41) is 4.25. The van der Waals surface area contributed by atoms with Crippen LogP contribution in [-0.4, -0.2) is 17.1 Å². The lowest BCUT2D eigenvalue weighted by atomic mass is 10.2. The summed E-state index contributed by atoms with van der Waals surface area (Å²) in [7, 11) is 1.66. The van der Waals surface area contributed by atoms with Gasteiger partial charge in [0.2, 0.25) is 0 Å². The van der Waals surface area contributed by atoms with Crippen molar-refractivity contribution in [3.63, 3.8) is 0 Å². The Morgan fingerprint density at radius 2 is 2.27 bits per heavy atom. The van der Waals surface area contributed by atoms with Crippen LogP contribution >= 0.6 is 0 Å². The van der Waals surface area contributed by atoms with Gasteiger partial charge in [0.25, 0.3) is 0 Å². The summed E-state index contributed by atoms with van der Waals surface area (Å²) in [5.74, 6) is 0. The molecule has 0 spiro atoms. The topological polar surface area (TPSA) is 27.1 Å². The molecule has 3 heteroatoms. The number of fused-ring (bicyclic) bond motifs is 1. The lowest BCUT2D eigenvalue weighted by Gasteiger charge is -1.99. The van der Waals surface area contributed by atoms with Gasteiger partial charge >= 0.3 is 0 Å². The third-order valence-electron chi connectivity index (χ3n) is 2.27. The normalized spacial score (nSPS) is 15.1. The Bertz CT molecular complexity index is 278. The number of nitrogens with zero attached hydrogens (tertiary/aromatic N) is 2. The fourth-order valence-corrected chi connectivity index (χ4v) is 1.74. The molecule has 0 atom stereocenters. The largest absolute Gasteiger partial charge is 0.400 e. The van der Waals surface area contributed by atoms with Crippen LogP contribution in [0.15, 0.2) is 0 Å². The molecule has 1 aromatic rings. The van der Waals surface area contributed by atoms with Crippen molar-refractivity contribution >= 4 is 0 Å². The van der Waals surface area contributed by atoms with E-state index in [4.69, 9.17) is 4.84 Å². The fraction of sp³-hybridized carbons (Fsp3) is 0.625. The van der Waals surface area contributed by atoms with Crippen molar-refractivity contribution in [1.82, 2.24) is 9.94 Å². The maximum atomic E-state index is 5.08. The summed E-state index contributed by atoms with van der Waals surface area (Å²) in [6.45, 7) is 2.04. The predicted molar refractivity (Wildman–Crippen MR) is 41.5 cm³/mol. The summed E-state index contributed by atoms with van der Waals surface area (Å²) in [6, 6.07) is 0. The summed E-state index contributed by atoms with van der Waals surface area (Å²) in [6.07, 6.45) is 3.53. The second-order valence-electron chi connectivity index (χ2n) is 2.92. The molecule has 0 aromatic carbocycles. The smallest absolute Gasteiger partial charge is 0.106 e. The average molecular weight is 152 g/mol. The van der Waals surface area contributed by atoms with Gasteiger partial charge in [0.1, 0.15) is 7.11 Å². The molecule has 0 aliphatic heterocycles. The van der Waals surface area contributed by atoms with E-state index in [-0.39, 0.29) is 0 Å². The van der Waals surface area contributed by atoms with Crippen LogP contribution in [0.25, 0.3) is 0 Å². The first-order valence-electron chi connectivity index (χ1n) is 3.95. The van der Waals surface area contributed by atoms with Gasteiger partial charge in [-0.1, -0.05) is 0 Å². The molecule has 0 fully saturated rings. The van der Waals surface area contributed by atoms with Crippen molar-refractivity contribution in [1.29, 1.82) is 0 Å². The third kappa shape index (κ3) is 0.836. The van der Waals surface area contributed by atoms with Crippen molar-refractivity contribution in [2.45, 2.75) is 26.2 Å². The summed E-state index contributed by atoms with van der Waals surface area (Å²) in [4.78, 5) is 6.73. The molecule has 2 rings (SSSR count). The standard InChI is InChI=1S/C8H12N2O/c1-6-7-4-3-5-8(7)10(9-6)11-2/h3-5H2,1-2H3. The summed E-state index contributed by atoms with van der Waals surface area (Å²) in [5.41, 5.74) is 3.79. The second-order valence-corrected chi connectivity index (χ2v) is 2.92. The zero-order valence-corrected chi connectivity index (χ0v) is 6.92. The van der Waals surface area contributed by atoms with Gasteiger partial charge in [-0.25, -0.2) is 0 Å². The van der Waals surface area contributed by atoms with Crippen LogP contribution in [0.3, 0.4) is 0 Å². The van der Waals surface area contributed by atoms with Crippen molar-refractivity contribution in [2.24, 2.45) is 0 Å². The van der Waals surface area contributed by atoms with Gasteiger partial charge in [-0.05, 0) is 26.2 Å². The van der Waals surface area contributed by atoms with Crippen LogP contribution in [-0.2, 0) is 12.8 Å². The minimum atomic E-state index is 1.12. The SMILES string of the molecule is COn1nc(C)c2c1CCC2. The van der Waals surface area contributed by atoms with Crippen LogP contribution < -0.4 is 4.84 Å². The monoisotopic (exact) mass is 152 g/mol. The van der Waals surface area contributed by atoms with E-state index < -0.39 is 0 Å². The Morgan fingerprint density at radius 3 is 3.00 bits per heavy atom. The lowest BCUT2D eigenvalue weighted by Crippen LogP contribution is -2.10. The Morgan fingerprint density at radius 1 is 1.45 bits per heavy atom. The molecule has 1 aromatic heterocycles. The van der Waals surface area contributed by atoms with Gasteiger partial charge in [0, 0.05) is 5.56 Å². The van der Waals surface area contributed by atoms with E-state index in [2.05, 4.69) is 5.10 Å². The van der Waals surface area contributed by atoms with Crippen LogP contribution in [0, 0.1) is 6.92 Å². The number of aryl methyl sites for hydroxylation is 1. The number of hydrogen-bond donors (Lipinski definition) is 0. The van der Waals surface area contributed by atoms with E-state index in [0.29, 0.717) is 0 Å². The summed E-state index contributed by atoms with van der Waals surface area (Å²) >= 11 is 0. The summed E-state index contributed by atoms with van der Waals surface area (Å²) < 4.78 is 0. The molecule has 0 bridgehead atoms. The highest BCUT2D eigenvalue weighted by Gasteiger charge is 2.20. The van der Waals surface area contributed by atoms with Gasteiger partial charge in [-0.3, -0.25) is 0 Å². The number of rotatable bonds is 1. The van der Waals surface area contributed by atoms with E-state index in [1.54, 1.807) is 12.0 Å². The molecule has 0 radical (unpaired) electrons. The van der Waals surface area contributed by atoms with Crippen molar-refractivity contribution in [2.75, 3.05) is 7.11 Å². The Hall–Kier alpha value is -0.990. The number of aromatic nitrogens is 2. The van der Waals surface area contributed by atoms with Crippen molar-refractivity contribution < 1.29 is 4.84 Å². The maximum absolute atomic E-state index is 5.08. The molecular weight excluding hydrogens is 140 g/mol. The average Bonchev–Trinajstić information content (AvgIpc) is 2.54. The molecule has 60 valence electrons. The Labute approximate surface area is 65.9 Å². The first-order chi connectivity index (χ1) is 5.33. The Balaban J connectivity index is 2.52. The molecule has 11 heavy (non-hydrogen) atoms. The molecule has 0 unspecified atom stereocenters. The zero-order chi connectivity index (χ0) is 7.84. The van der Waals surface area contributed by atoms with Gasteiger partial charge in [-0.15, -0.1) is 9.94 Å². The van der Waals surface area contributed by atoms with E-state index in [0.717, 1.165) is 12.1 Å².